The van der Waals surface area contributed by atoms with Crippen molar-refractivity contribution in [3.05, 3.63) is 34.9 Å². The van der Waals surface area contributed by atoms with Crippen LogP contribution in [0.3, 0.4) is 0 Å². The van der Waals surface area contributed by atoms with Crippen LogP contribution in [0, 0.1) is 0 Å². The molecule has 0 saturated carbocycles. The van der Waals surface area contributed by atoms with Gasteiger partial charge in [-0.3, -0.25) is 0 Å². The third kappa shape index (κ3) is 0.827. The highest BCUT2D eigenvalue weighted by Gasteiger charge is 2.22. The molecule has 0 saturated heterocycles. The van der Waals surface area contributed by atoms with E-state index in [4.69, 9.17) is 0 Å². The van der Waals surface area contributed by atoms with Gasteiger partial charge in [0.25, 0.3) is 0 Å². The minimum Gasteiger partial charge on any atom is -0.465 e. The molecule has 2 nitrogen and oxygen atoms in total. The summed E-state index contributed by atoms with van der Waals surface area (Å²) in [6.45, 7) is 0. The molecule has 0 aromatic rings. The highest BCUT2D eigenvalue weighted by Crippen LogP contribution is 2.33. The fraction of sp³-hybridized carbons (Fsp3) is 0.222. The molecule has 0 aromatic carbocycles. The Kier molecular flexibility index (Phi) is 1.22. The topological polar surface area (TPSA) is 26.3 Å². The lowest BCUT2D eigenvalue weighted by Crippen LogP contribution is -2.03. The number of methoxy groups -OCH3 is 1. The molecule has 56 valence electrons. The van der Waals surface area contributed by atoms with Gasteiger partial charge in [0, 0.05) is 0 Å². The number of hydrogen-bond donors (Lipinski definition) is 0. The van der Waals surface area contributed by atoms with Gasteiger partial charge in [-0.05, 0) is 23.6 Å². The normalized spacial score (nSPS) is 19.2. The monoisotopic (exact) mass is 148 g/mol. The maximum atomic E-state index is 11.0. The number of carbonyl (C=O) groups is 1. The average molecular weight is 148 g/mol. The van der Waals surface area contributed by atoms with Crippen molar-refractivity contribution in [3.8, 4) is 0 Å². The van der Waals surface area contributed by atoms with Gasteiger partial charge in [-0.2, -0.15) is 0 Å². The summed E-state index contributed by atoms with van der Waals surface area (Å²) < 4.78 is 4.61. The van der Waals surface area contributed by atoms with Gasteiger partial charge in [-0.1, -0.05) is 12.2 Å². The van der Waals surface area contributed by atoms with E-state index in [1.807, 2.05) is 18.2 Å². The lowest BCUT2D eigenvalue weighted by Gasteiger charge is -1.99. The molecule has 0 N–H and O–H groups in total. The van der Waals surface area contributed by atoms with Crippen molar-refractivity contribution in [1.29, 1.82) is 0 Å². The molecule has 0 aromatic heterocycles. The molecule has 0 aliphatic heterocycles. The van der Waals surface area contributed by atoms with E-state index in [1.165, 1.54) is 12.7 Å². The lowest BCUT2D eigenvalue weighted by atomic mass is 10.1. The zero-order valence-corrected chi connectivity index (χ0v) is 6.26. The summed E-state index contributed by atoms with van der Waals surface area (Å²) in [5, 5.41) is 0. The molecule has 0 amide bonds. The number of carbonyl (C=O) groups excluding carboxylic acids is 1. The summed E-state index contributed by atoms with van der Waals surface area (Å²) >= 11 is 0. The number of ether oxygens (including phenoxy) is 1. The van der Waals surface area contributed by atoms with Crippen LogP contribution in [0.25, 0.3) is 0 Å². The highest BCUT2D eigenvalue weighted by molar-refractivity contribution is 5.95. The Labute approximate surface area is 64.9 Å². The Bertz CT molecular complexity index is 306. The Hall–Kier alpha value is -1.31. The Balaban J connectivity index is 2.37. The molecule has 0 fully saturated rings. The summed E-state index contributed by atoms with van der Waals surface area (Å²) in [7, 11) is 1.41. The zero-order valence-electron chi connectivity index (χ0n) is 6.26. The number of fused-ring (bicyclic) bond motifs is 2. The van der Waals surface area contributed by atoms with Gasteiger partial charge in [0.15, 0.2) is 0 Å². The first kappa shape index (κ1) is 6.40. The number of allylic oxidation sites excluding steroid dienone is 4. The van der Waals surface area contributed by atoms with E-state index in [-0.39, 0.29) is 5.97 Å². The quantitative estimate of drug-likeness (QED) is 0.525. The molecular weight excluding hydrogens is 140 g/mol. The smallest absolute Gasteiger partial charge is 0.338 e. The van der Waals surface area contributed by atoms with E-state index in [9.17, 15) is 4.79 Å². The molecule has 2 heteroatoms. The molecule has 2 bridgehead atoms. The number of rotatable bonds is 1. The Morgan fingerprint density at radius 1 is 1.55 bits per heavy atom. The van der Waals surface area contributed by atoms with Crippen LogP contribution in [0.2, 0.25) is 0 Å². The van der Waals surface area contributed by atoms with Crippen LogP contribution < -0.4 is 0 Å². The van der Waals surface area contributed by atoms with Crippen LogP contribution in [0.5, 0.6) is 0 Å². The van der Waals surface area contributed by atoms with Crippen molar-refractivity contribution in [2.24, 2.45) is 0 Å². The summed E-state index contributed by atoms with van der Waals surface area (Å²) in [6, 6.07) is 0. The largest absolute Gasteiger partial charge is 0.465 e. The van der Waals surface area contributed by atoms with Crippen LogP contribution in [-0.2, 0) is 9.53 Å². The van der Waals surface area contributed by atoms with Crippen LogP contribution >= 0.6 is 0 Å². The molecule has 2 aliphatic carbocycles. The standard InChI is InChI=1S/C9H8O2/c1-11-9(10)8-5-6-2-3-7(8)4-6/h2-3,5H,4H2,1H3. The lowest BCUT2D eigenvalue weighted by molar-refractivity contribution is -0.135. The second kappa shape index (κ2) is 2.09. The molecule has 0 atom stereocenters. The maximum Gasteiger partial charge on any atom is 0.338 e. The van der Waals surface area contributed by atoms with E-state index in [0.717, 1.165) is 17.6 Å². The molecule has 0 heterocycles. The van der Waals surface area contributed by atoms with Crippen LogP contribution in [0.4, 0.5) is 0 Å². The first-order chi connectivity index (χ1) is 5.31. The predicted octanol–water partition coefficient (Wildman–Crippen LogP) is 1.36. The summed E-state index contributed by atoms with van der Waals surface area (Å²) in [5.74, 6) is -0.223. The highest BCUT2D eigenvalue weighted by atomic mass is 16.5. The Morgan fingerprint density at radius 3 is 2.82 bits per heavy atom. The van der Waals surface area contributed by atoms with Gasteiger partial charge in [-0.15, -0.1) is 0 Å². The van der Waals surface area contributed by atoms with Gasteiger partial charge in [0.05, 0.1) is 12.7 Å². The van der Waals surface area contributed by atoms with Gasteiger partial charge in [0.1, 0.15) is 0 Å². The van der Waals surface area contributed by atoms with Crippen LogP contribution in [0.15, 0.2) is 34.9 Å². The van der Waals surface area contributed by atoms with Crippen molar-refractivity contribution in [3.63, 3.8) is 0 Å². The first-order valence-electron chi connectivity index (χ1n) is 3.51. The van der Waals surface area contributed by atoms with E-state index >= 15 is 0 Å². The summed E-state index contributed by atoms with van der Waals surface area (Å²) in [6.07, 6.45) is 6.80. The summed E-state index contributed by atoms with van der Waals surface area (Å²) in [5.41, 5.74) is 3.03. The van der Waals surface area contributed by atoms with Crippen LogP contribution in [-0.4, -0.2) is 13.1 Å². The fourth-order valence-electron chi connectivity index (χ4n) is 1.41. The van der Waals surface area contributed by atoms with Crippen LogP contribution in [0.1, 0.15) is 6.42 Å². The molecule has 0 unspecified atom stereocenters. The first-order valence-corrected chi connectivity index (χ1v) is 3.51. The van der Waals surface area contributed by atoms with Crippen molar-refractivity contribution in [1.82, 2.24) is 0 Å². The van der Waals surface area contributed by atoms with E-state index in [0.29, 0.717) is 0 Å². The minimum absolute atomic E-state index is 0.223. The third-order valence-corrected chi connectivity index (χ3v) is 1.97. The minimum atomic E-state index is -0.223. The Morgan fingerprint density at radius 2 is 2.36 bits per heavy atom. The van der Waals surface area contributed by atoms with Gasteiger partial charge >= 0.3 is 5.97 Å². The molecular formula is C9H8O2. The van der Waals surface area contributed by atoms with Gasteiger partial charge < -0.3 is 4.74 Å². The van der Waals surface area contributed by atoms with Crippen molar-refractivity contribution < 1.29 is 9.53 Å². The second-order valence-corrected chi connectivity index (χ2v) is 2.66. The van der Waals surface area contributed by atoms with Gasteiger partial charge in [-0.25, -0.2) is 4.79 Å². The molecule has 2 aliphatic rings. The molecule has 0 spiro atoms. The molecule has 2 rings (SSSR count). The second-order valence-electron chi connectivity index (χ2n) is 2.66. The van der Waals surface area contributed by atoms with Crippen molar-refractivity contribution >= 4 is 5.97 Å². The van der Waals surface area contributed by atoms with E-state index in [2.05, 4.69) is 4.74 Å². The van der Waals surface area contributed by atoms with Gasteiger partial charge in [0.2, 0.25) is 0 Å². The third-order valence-electron chi connectivity index (χ3n) is 1.97. The summed E-state index contributed by atoms with van der Waals surface area (Å²) in [4.78, 5) is 11.0. The fourth-order valence-corrected chi connectivity index (χ4v) is 1.41. The van der Waals surface area contributed by atoms with Crippen molar-refractivity contribution in [2.75, 3.05) is 7.11 Å². The molecule has 0 radical (unpaired) electrons. The SMILES string of the molecule is COC(=O)C1=C2C=CC(=C1)C2. The average Bonchev–Trinajstić information content (AvgIpc) is 2.62. The van der Waals surface area contributed by atoms with E-state index < -0.39 is 0 Å². The van der Waals surface area contributed by atoms with Crippen molar-refractivity contribution in [2.45, 2.75) is 6.42 Å². The predicted molar refractivity (Wildman–Crippen MR) is 40.9 cm³/mol. The molecule has 11 heavy (non-hydrogen) atoms. The zero-order chi connectivity index (χ0) is 7.84. The number of esters is 1. The maximum absolute atomic E-state index is 11.0. The number of hydrogen-bond acceptors (Lipinski definition) is 2. The van der Waals surface area contributed by atoms with E-state index in [1.54, 1.807) is 0 Å².